The van der Waals surface area contributed by atoms with Gasteiger partial charge in [0.15, 0.2) is 8.32 Å². The number of hydrogen-bond donors (Lipinski definition) is 0. The molecule has 0 aliphatic carbocycles. The van der Waals surface area contributed by atoms with Crippen molar-refractivity contribution in [2.75, 3.05) is 0 Å². The standard InChI is InChI=1S/C23H38O3Si/c1-18(13-15-21(25)16-14-20-11-9-8-10-12-20)22(19(2)17-24)26-27(6,7)23(3,4)5/h8-12,17-19,22H,13-16H2,1-7H3/t18-,19+,22+/m1/s1. The van der Waals surface area contributed by atoms with Crippen molar-refractivity contribution in [1.29, 1.82) is 0 Å². The summed E-state index contributed by atoms with van der Waals surface area (Å²) in [6.07, 6.45) is 3.56. The Labute approximate surface area is 167 Å². The van der Waals surface area contributed by atoms with Crippen LogP contribution in [0.15, 0.2) is 30.3 Å². The third kappa shape index (κ3) is 7.71. The molecule has 0 spiro atoms. The van der Waals surface area contributed by atoms with Crippen molar-refractivity contribution < 1.29 is 14.0 Å². The van der Waals surface area contributed by atoms with Crippen molar-refractivity contribution in [2.45, 2.75) is 84.5 Å². The van der Waals surface area contributed by atoms with E-state index >= 15 is 0 Å². The summed E-state index contributed by atoms with van der Waals surface area (Å²) in [5.74, 6) is 0.309. The summed E-state index contributed by atoms with van der Waals surface area (Å²) in [5.41, 5.74) is 1.20. The van der Waals surface area contributed by atoms with Gasteiger partial charge in [-0.25, -0.2) is 0 Å². The van der Waals surface area contributed by atoms with E-state index in [0.29, 0.717) is 12.8 Å². The lowest BCUT2D eigenvalue weighted by Crippen LogP contribution is -2.47. The highest BCUT2D eigenvalue weighted by atomic mass is 28.4. The van der Waals surface area contributed by atoms with Gasteiger partial charge in [0.05, 0.1) is 6.10 Å². The summed E-state index contributed by atoms with van der Waals surface area (Å²) in [5, 5.41) is 0.0963. The molecular weight excluding hydrogens is 352 g/mol. The summed E-state index contributed by atoms with van der Waals surface area (Å²) >= 11 is 0. The largest absolute Gasteiger partial charge is 0.413 e. The van der Waals surface area contributed by atoms with Crippen molar-refractivity contribution in [3.05, 3.63) is 35.9 Å². The Morgan fingerprint density at radius 1 is 1.11 bits per heavy atom. The van der Waals surface area contributed by atoms with Gasteiger partial charge in [-0.05, 0) is 42.5 Å². The van der Waals surface area contributed by atoms with Crippen molar-refractivity contribution >= 4 is 20.4 Å². The molecule has 4 heteroatoms. The van der Waals surface area contributed by atoms with Crippen molar-refractivity contribution in [3.8, 4) is 0 Å². The highest BCUT2D eigenvalue weighted by Gasteiger charge is 2.41. The van der Waals surface area contributed by atoms with Crippen LogP contribution in [-0.4, -0.2) is 26.5 Å². The van der Waals surface area contributed by atoms with Gasteiger partial charge in [-0.15, -0.1) is 0 Å². The number of aldehydes is 1. The van der Waals surface area contributed by atoms with Crippen LogP contribution in [0.4, 0.5) is 0 Å². The van der Waals surface area contributed by atoms with Gasteiger partial charge in [0.25, 0.3) is 0 Å². The zero-order valence-electron chi connectivity index (χ0n) is 18.2. The van der Waals surface area contributed by atoms with Gasteiger partial charge in [-0.1, -0.05) is 65.0 Å². The van der Waals surface area contributed by atoms with Gasteiger partial charge in [-0.2, -0.15) is 0 Å². The molecule has 0 heterocycles. The predicted octanol–water partition coefficient (Wildman–Crippen LogP) is 5.83. The molecule has 0 fully saturated rings. The van der Waals surface area contributed by atoms with Crippen molar-refractivity contribution in [2.24, 2.45) is 11.8 Å². The molecule has 0 radical (unpaired) electrons. The minimum absolute atomic E-state index is 0.0963. The molecule has 1 aromatic carbocycles. The summed E-state index contributed by atoms with van der Waals surface area (Å²) in [7, 11) is -1.97. The molecule has 152 valence electrons. The van der Waals surface area contributed by atoms with E-state index in [-0.39, 0.29) is 28.8 Å². The highest BCUT2D eigenvalue weighted by Crippen LogP contribution is 2.39. The Morgan fingerprint density at radius 3 is 2.22 bits per heavy atom. The Hall–Kier alpha value is -1.26. The summed E-state index contributed by atoms with van der Waals surface area (Å²) < 4.78 is 6.57. The fourth-order valence-corrected chi connectivity index (χ4v) is 4.42. The van der Waals surface area contributed by atoms with E-state index in [4.69, 9.17) is 4.43 Å². The maximum absolute atomic E-state index is 12.3. The van der Waals surface area contributed by atoms with Crippen LogP contribution < -0.4 is 0 Å². The second-order valence-corrected chi connectivity index (χ2v) is 14.1. The molecule has 0 saturated carbocycles. The fraction of sp³-hybridized carbons (Fsp3) is 0.652. The van der Waals surface area contributed by atoms with Crippen LogP contribution >= 0.6 is 0 Å². The van der Waals surface area contributed by atoms with E-state index in [1.807, 2.05) is 25.1 Å². The van der Waals surface area contributed by atoms with Crippen LogP contribution in [0.5, 0.6) is 0 Å². The Bertz CT molecular complexity index is 589. The normalized spacial score (nSPS) is 15.8. The lowest BCUT2D eigenvalue weighted by atomic mass is 9.89. The molecule has 0 aromatic heterocycles. The Morgan fingerprint density at radius 2 is 1.70 bits per heavy atom. The number of hydrogen-bond acceptors (Lipinski definition) is 3. The van der Waals surface area contributed by atoms with Crippen LogP contribution in [0.2, 0.25) is 18.1 Å². The number of rotatable bonds is 11. The molecular formula is C23H38O3Si. The molecule has 1 rings (SSSR count). The molecule has 0 saturated heterocycles. The quantitative estimate of drug-likeness (QED) is 0.353. The molecule has 27 heavy (non-hydrogen) atoms. The third-order valence-corrected chi connectivity index (χ3v) is 10.4. The first kappa shape index (κ1) is 23.8. The number of Topliss-reactive ketones (excluding diaryl/α,β-unsaturated/α-hetero) is 1. The third-order valence-electron chi connectivity index (χ3n) is 5.94. The Balaban J connectivity index is 2.62. The molecule has 0 aliphatic rings. The topological polar surface area (TPSA) is 43.4 Å². The number of benzene rings is 1. The first-order valence-electron chi connectivity index (χ1n) is 10.2. The molecule has 3 atom stereocenters. The van der Waals surface area contributed by atoms with E-state index in [1.54, 1.807) is 0 Å². The number of carbonyl (C=O) groups is 2. The fourth-order valence-electron chi connectivity index (χ4n) is 2.94. The van der Waals surface area contributed by atoms with Gasteiger partial charge in [-0.3, -0.25) is 4.79 Å². The van der Waals surface area contributed by atoms with E-state index in [2.05, 4.69) is 52.9 Å². The van der Waals surface area contributed by atoms with Gasteiger partial charge in [0.1, 0.15) is 12.1 Å². The maximum atomic E-state index is 12.3. The lowest BCUT2D eigenvalue weighted by molar-refractivity contribution is -0.119. The maximum Gasteiger partial charge on any atom is 0.192 e. The van der Waals surface area contributed by atoms with E-state index in [9.17, 15) is 9.59 Å². The summed E-state index contributed by atoms with van der Waals surface area (Å²) in [4.78, 5) is 23.8. The smallest absolute Gasteiger partial charge is 0.192 e. The molecule has 0 unspecified atom stereocenters. The lowest BCUT2D eigenvalue weighted by Gasteiger charge is -2.42. The van der Waals surface area contributed by atoms with Gasteiger partial charge in [0, 0.05) is 18.8 Å². The van der Waals surface area contributed by atoms with Gasteiger partial charge in [0.2, 0.25) is 0 Å². The first-order chi connectivity index (χ1) is 12.5. The second-order valence-electron chi connectivity index (χ2n) is 9.38. The summed E-state index contributed by atoms with van der Waals surface area (Å²) in [6.45, 7) is 15.1. The average Bonchev–Trinajstić information content (AvgIpc) is 2.61. The van der Waals surface area contributed by atoms with E-state index in [1.165, 1.54) is 5.56 Å². The zero-order chi connectivity index (χ0) is 20.7. The van der Waals surface area contributed by atoms with E-state index in [0.717, 1.165) is 19.1 Å². The minimum Gasteiger partial charge on any atom is -0.413 e. The predicted molar refractivity (Wildman–Crippen MR) is 115 cm³/mol. The molecule has 1 aromatic rings. The Kier molecular flexibility index (Phi) is 9.09. The molecule has 0 aliphatic heterocycles. The van der Waals surface area contributed by atoms with Crippen LogP contribution in [0.25, 0.3) is 0 Å². The SMILES string of the molecule is C[C@H](CCC(=O)CCc1ccccc1)[C@H](O[Si](C)(C)C(C)(C)C)[C@@H](C)C=O. The molecule has 3 nitrogen and oxygen atoms in total. The second kappa shape index (κ2) is 10.3. The summed E-state index contributed by atoms with van der Waals surface area (Å²) in [6, 6.07) is 10.1. The zero-order valence-corrected chi connectivity index (χ0v) is 19.2. The molecule has 0 N–H and O–H groups in total. The molecule has 0 amide bonds. The van der Waals surface area contributed by atoms with Gasteiger partial charge < -0.3 is 9.22 Å². The first-order valence-corrected chi connectivity index (χ1v) is 13.1. The van der Waals surface area contributed by atoms with Crippen LogP contribution in [0, 0.1) is 11.8 Å². The van der Waals surface area contributed by atoms with E-state index < -0.39 is 8.32 Å². The number of ketones is 1. The number of aryl methyl sites for hydroxylation is 1. The van der Waals surface area contributed by atoms with Crippen LogP contribution in [-0.2, 0) is 20.4 Å². The average molecular weight is 391 g/mol. The van der Waals surface area contributed by atoms with Crippen LogP contribution in [0.3, 0.4) is 0 Å². The van der Waals surface area contributed by atoms with Crippen molar-refractivity contribution in [3.63, 3.8) is 0 Å². The monoisotopic (exact) mass is 390 g/mol. The van der Waals surface area contributed by atoms with Gasteiger partial charge >= 0.3 is 0 Å². The van der Waals surface area contributed by atoms with Crippen molar-refractivity contribution in [1.82, 2.24) is 0 Å². The highest BCUT2D eigenvalue weighted by molar-refractivity contribution is 6.74. The van der Waals surface area contributed by atoms with Crippen LogP contribution in [0.1, 0.15) is 59.4 Å². The molecule has 0 bridgehead atoms. The number of carbonyl (C=O) groups excluding carboxylic acids is 2. The minimum atomic E-state index is -1.97.